The molecule has 0 aromatic heterocycles. The molecule has 8 heteroatoms. The Hall–Kier alpha value is -1.22. The van der Waals surface area contributed by atoms with Crippen LogP contribution >= 0.6 is 0 Å². The molecule has 6 unspecified atom stereocenters. The fourth-order valence-corrected chi connectivity index (χ4v) is 6.44. The second-order valence-electron chi connectivity index (χ2n) is 10.2. The molecule has 0 spiro atoms. The van der Waals surface area contributed by atoms with Crippen LogP contribution in [0.15, 0.2) is 0 Å². The van der Waals surface area contributed by atoms with Crippen LogP contribution < -0.4 is 16.4 Å². The quantitative estimate of drug-likeness (QED) is 0.597. The summed E-state index contributed by atoms with van der Waals surface area (Å²) in [7, 11) is 3.46. The molecule has 0 bridgehead atoms. The summed E-state index contributed by atoms with van der Waals surface area (Å²) in [5.74, 6) is 0.651. The zero-order valence-corrected chi connectivity index (χ0v) is 19.4. The average Bonchev–Trinajstić information content (AvgIpc) is 2.79. The fraction of sp³-hybridized carbons (Fsp3) is 0.913. The molecule has 0 radical (unpaired) electrons. The van der Waals surface area contributed by atoms with Gasteiger partial charge in [-0.25, -0.2) is 0 Å². The number of nitrogens with one attached hydrogen (secondary N) is 2. The third kappa shape index (κ3) is 4.49. The molecule has 4 rings (SSSR count). The summed E-state index contributed by atoms with van der Waals surface area (Å²) in [4.78, 5) is 30.4. The lowest BCUT2D eigenvalue weighted by Gasteiger charge is -2.56. The summed E-state index contributed by atoms with van der Waals surface area (Å²) in [6, 6.07) is 0. The maximum absolute atomic E-state index is 13.5. The number of methoxy groups -OCH3 is 1. The van der Waals surface area contributed by atoms with Gasteiger partial charge in [-0.05, 0) is 63.2 Å². The smallest absolute Gasteiger partial charge is 0.229 e. The van der Waals surface area contributed by atoms with Crippen LogP contribution in [0.3, 0.4) is 0 Å². The lowest BCUT2D eigenvalue weighted by molar-refractivity contribution is -0.165. The maximum Gasteiger partial charge on any atom is 0.229 e. The minimum atomic E-state index is -0.373. The molecule has 31 heavy (non-hydrogen) atoms. The molecular formula is C23H41N5O3. The van der Waals surface area contributed by atoms with E-state index in [-0.39, 0.29) is 42.1 Å². The van der Waals surface area contributed by atoms with E-state index in [4.69, 9.17) is 10.5 Å². The molecule has 1 saturated carbocycles. The predicted molar refractivity (Wildman–Crippen MR) is 119 cm³/mol. The highest BCUT2D eigenvalue weighted by Gasteiger charge is 2.53. The first-order valence-electron chi connectivity index (χ1n) is 12.3. The van der Waals surface area contributed by atoms with Crippen LogP contribution in [0.1, 0.15) is 58.3 Å². The Bertz CT molecular complexity index is 653. The molecule has 6 atom stereocenters. The van der Waals surface area contributed by atoms with Crippen molar-refractivity contribution in [3.63, 3.8) is 0 Å². The number of ether oxygens (including phenoxy) is 1. The standard InChI is InChI=1S/C23H41N5O3/c1-14-5-4-11-28-20(14)26-21-18(23(28)30)13-17(22(29)25-2)19(24)27(21)12-10-15-6-8-16(31-3)9-7-15/h14-21,26H,4-13,24H2,1-3H3,(H,25,29). The lowest BCUT2D eigenvalue weighted by atomic mass is 9.79. The molecule has 0 aromatic carbocycles. The molecule has 4 fully saturated rings. The molecule has 0 aromatic rings. The number of carbonyl (C=O) groups excluding carboxylic acids is 2. The van der Waals surface area contributed by atoms with E-state index in [1.165, 1.54) is 12.8 Å². The molecular weight excluding hydrogens is 394 g/mol. The van der Waals surface area contributed by atoms with E-state index < -0.39 is 0 Å². The van der Waals surface area contributed by atoms with Gasteiger partial charge >= 0.3 is 0 Å². The summed E-state index contributed by atoms with van der Waals surface area (Å²) in [5, 5.41) is 6.57. The lowest BCUT2D eigenvalue weighted by Crippen LogP contribution is -2.75. The largest absolute Gasteiger partial charge is 0.381 e. The van der Waals surface area contributed by atoms with Crippen LogP contribution in [-0.4, -0.2) is 73.5 Å². The zero-order chi connectivity index (χ0) is 22.1. The van der Waals surface area contributed by atoms with Gasteiger partial charge in [-0.1, -0.05) is 6.92 Å². The summed E-state index contributed by atoms with van der Waals surface area (Å²) in [6.45, 7) is 3.86. The van der Waals surface area contributed by atoms with Crippen molar-refractivity contribution in [3.05, 3.63) is 0 Å². The summed E-state index contributed by atoms with van der Waals surface area (Å²) >= 11 is 0. The predicted octanol–water partition coefficient (Wildman–Crippen LogP) is 1.06. The third-order valence-electron chi connectivity index (χ3n) is 8.42. The van der Waals surface area contributed by atoms with E-state index in [9.17, 15) is 9.59 Å². The number of hydrogen-bond donors (Lipinski definition) is 3. The summed E-state index contributed by atoms with van der Waals surface area (Å²) < 4.78 is 5.52. The minimum Gasteiger partial charge on any atom is -0.381 e. The van der Waals surface area contributed by atoms with Crippen LogP contribution in [0.25, 0.3) is 0 Å². The molecule has 4 aliphatic rings. The highest BCUT2D eigenvalue weighted by Crippen LogP contribution is 2.38. The molecule has 3 saturated heterocycles. The second kappa shape index (κ2) is 9.73. The molecule has 2 amide bonds. The van der Waals surface area contributed by atoms with E-state index in [1.807, 2.05) is 4.90 Å². The Labute approximate surface area is 186 Å². The van der Waals surface area contributed by atoms with E-state index in [2.05, 4.69) is 22.5 Å². The normalized spacial score (nSPS) is 41.4. The van der Waals surface area contributed by atoms with Crippen molar-refractivity contribution in [1.29, 1.82) is 0 Å². The Balaban J connectivity index is 1.51. The van der Waals surface area contributed by atoms with Crippen molar-refractivity contribution in [2.24, 2.45) is 29.4 Å². The highest BCUT2D eigenvalue weighted by atomic mass is 16.5. The number of likely N-dealkylation sites (tertiary alicyclic amines) is 1. The van der Waals surface area contributed by atoms with Gasteiger partial charge in [0.05, 0.1) is 36.4 Å². The minimum absolute atomic E-state index is 0.0570. The maximum atomic E-state index is 13.5. The number of fused-ring (bicyclic) bond motifs is 2. The highest BCUT2D eigenvalue weighted by molar-refractivity contribution is 5.84. The number of hydrogen-bond acceptors (Lipinski definition) is 6. The van der Waals surface area contributed by atoms with Crippen LogP contribution in [0, 0.1) is 23.7 Å². The average molecular weight is 436 g/mol. The number of carbonyl (C=O) groups is 2. The van der Waals surface area contributed by atoms with Gasteiger partial charge in [0, 0.05) is 27.2 Å². The van der Waals surface area contributed by atoms with Gasteiger partial charge in [-0.2, -0.15) is 0 Å². The van der Waals surface area contributed by atoms with Gasteiger partial charge in [-0.15, -0.1) is 0 Å². The van der Waals surface area contributed by atoms with Gasteiger partial charge in [0.15, 0.2) is 0 Å². The molecule has 4 N–H and O–H groups in total. The Kier molecular flexibility index (Phi) is 7.20. The van der Waals surface area contributed by atoms with E-state index >= 15 is 0 Å². The zero-order valence-electron chi connectivity index (χ0n) is 19.4. The van der Waals surface area contributed by atoms with Gasteiger partial charge in [0.2, 0.25) is 11.8 Å². The molecule has 3 aliphatic heterocycles. The number of nitrogens with zero attached hydrogens (tertiary/aromatic N) is 2. The van der Waals surface area contributed by atoms with Gasteiger partial charge in [0.25, 0.3) is 0 Å². The molecule has 1 aliphatic carbocycles. The third-order valence-corrected chi connectivity index (χ3v) is 8.42. The van der Waals surface area contributed by atoms with Crippen LogP contribution in [0.5, 0.6) is 0 Å². The van der Waals surface area contributed by atoms with Crippen LogP contribution in [-0.2, 0) is 14.3 Å². The van der Waals surface area contributed by atoms with Crippen molar-refractivity contribution in [2.75, 3.05) is 27.2 Å². The number of piperidine rings is 2. The number of amides is 2. The van der Waals surface area contributed by atoms with E-state index in [0.717, 1.165) is 45.2 Å². The first kappa shape index (κ1) is 23.0. The van der Waals surface area contributed by atoms with Crippen molar-refractivity contribution < 1.29 is 14.3 Å². The SMILES string of the molecule is CNC(=O)C1CC2C(=O)N3CCCC(C)C3NC2N(CCC2CCC(OC)CC2)C1N. The summed E-state index contributed by atoms with van der Waals surface area (Å²) in [5.41, 5.74) is 6.69. The Morgan fingerprint density at radius 2 is 1.97 bits per heavy atom. The Morgan fingerprint density at radius 1 is 1.23 bits per heavy atom. The fourth-order valence-electron chi connectivity index (χ4n) is 6.44. The Morgan fingerprint density at radius 3 is 2.65 bits per heavy atom. The number of rotatable bonds is 5. The molecule has 3 heterocycles. The van der Waals surface area contributed by atoms with Gasteiger partial charge in [-0.3, -0.25) is 19.8 Å². The van der Waals surface area contributed by atoms with Crippen molar-refractivity contribution in [3.8, 4) is 0 Å². The van der Waals surface area contributed by atoms with Gasteiger partial charge in [0.1, 0.15) is 0 Å². The van der Waals surface area contributed by atoms with Gasteiger partial charge < -0.3 is 20.7 Å². The molecule has 8 nitrogen and oxygen atoms in total. The first-order chi connectivity index (χ1) is 14.9. The summed E-state index contributed by atoms with van der Waals surface area (Å²) in [6.07, 6.45) is 8.35. The van der Waals surface area contributed by atoms with E-state index in [0.29, 0.717) is 24.4 Å². The monoisotopic (exact) mass is 435 g/mol. The second-order valence-corrected chi connectivity index (χ2v) is 10.2. The van der Waals surface area contributed by atoms with E-state index in [1.54, 1.807) is 14.2 Å². The topological polar surface area (TPSA) is 99.9 Å². The molecule has 176 valence electrons. The van der Waals surface area contributed by atoms with Crippen LogP contribution in [0.4, 0.5) is 0 Å². The number of nitrogens with two attached hydrogens (primary N) is 1. The van der Waals surface area contributed by atoms with Crippen molar-refractivity contribution in [2.45, 2.75) is 82.9 Å². The van der Waals surface area contributed by atoms with Crippen molar-refractivity contribution in [1.82, 2.24) is 20.4 Å². The van der Waals surface area contributed by atoms with Crippen LogP contribution in [0.2, 0.25) is 0 Å². The first-order valence-corrected chi connectivity index (χ1v) is 12.3. The van der Waals surface area contributed by atoms with Crippen molar-refractivity contribution >= 4 is 11.8 Å².